The molecule has 15 heavy (non-hydrogen) atoms. The Morgan fingerprint density at radius 1 is 1.47 bits per heavy atom. The van der Waals surface area contributed by atoms with Crippen LogP contribution in [0.3, 0.4) is 0 Å². The Bertz CT molecular complexity index is 444. The highest BCUT2D eigenvalue weighted by Crippen LogP contribution is 2.18. The maximum Gasteiger partial charge on any atom is 0.371 e. The Hall–Kier alpha value is -1.75. The summed E-state index contributed by atoms with van der Waals surface area (Å²) in [5.74, 6) is -0.988. The maximum absolute atomic E-state index is 10.5. The molecule has 0 aliphatic rings. The molecular weight excluding hydrogens is 216 g/mol. The van der Waals surface area contributed by atoms with E-state index >= 15 is 0 Å². The number of hydrogen-bond acceptors (Lipinski definition) is 4. The van der Waals surface area contributed by atoms with Crippen LogP contribution in [0.25, 0.3) is 0 Å². The summed E-state index contributed by atoms with van der Waals surface area (Å²) in [4.78, 5) is 11.6. The van der Waals surface area contributed by atoms with E-state index in [4.69, 9.17) is 14.3 Å². The summed E-state index contributed by atoms with van der Waals surface area (Å²) < 4.78 is 10.2. The van der Waals surface area contributed by atoms with Crippen LogP contribution in [0.2, 0.25) is 0 Å². The molecule has 0 fully saturated rings. The second kappa shape index (κ2) is 4.18. The van der Waals surface area contributed by atoms with Crippen LogP contribution < -0.4 is 4.74 Å². The van der Waals surface area contributed by atoms with E-state index < -0.39 is 5.97 Å². The number of thiophene rings is 1. The minimum Gasteiger partial charge on any atom is -0.475 e. The molecule has 2 heterocycles. The molecule has 0 aromatic carbocycles. The van der Waals surface area contributed by atoms with Crippen LogP contribution in [0.1, 0.15) is 15.4 Å². The molecule has 2 rings (SSSR count). The number of aromatic carboxylic acids is 1. The van der Waals surface area contributed by atoms with Gasteiger partial charge in [-0.2, -0.15) is 0 Å². The molecule has 2 aromatic rings. The SMILES string of the molecule is O=C(O)c1ccc(OCc2cccs2)o1. The van der Waals surface area contributed by atoms with Crippen LogP contribution in [0.15, 0.2) is 34.1 Å². The minimum atomic E-state index is -1.10. The van der Waals surface area contributed by atoms with E-state index in [1.807, 2.05) is 17.5 Å². The maximum atomic E-state index is 10.5. The van der Waals surface area contributed by atoms with Crippen LogP contribution in [0.4, 0.5) is 0 Å². The van der Waals surface area contributed by atoms with Crippen molar-refractivity contribution in [3.8, 4) is 5.95 Å². The lowest BCUT2D eigenvalue weighted by Crippen LogP contribution is -1.93. The highest BCUT2D eigenvalue weighted by molar-refractivity contribution is 7.09. The zero-order chi connectivity index (χ0) is 10.7. The Morgan fingerprint density at radius 2 is 2.33 bits per heavy atom. The molecule has 5 heteroatoms. The normalized spacial score (nSPS) is 10.1. The zero-order valence-electron chi connectivity index (χ0n) is 7.67. The van der Waals surface area contributed by atoms with E-state index in [0.29, 0.717) is 6.61 Å². The van der Waals surface area contributed by atoms with Crippen LogP contribution >= 0.6 is 11.3 Å². The number of rotatable bonds is 4. The molecule has 0 unspecified atom stereocenters. The Morgan fingerprint density at radius 3 is 2.93 bits per heavy atom. The van der Waals surface area contributed by atoms with Crippen molar-refractivity contribution in [3.63, 3.8) is 0 Å². The highest BCUT2D eigenvalue weighted by Gasteiger charge is 2.09. The summed E-state index contributed by atoms with van der Waals surface area (Å²) >= 11 is 1.57. The average Bonchev–Trinajstić information content (AvgIpc) is 2.86. The van der Waals surface area contributed by atoms with Gasteiger partial charge in [0.15, 0.2) is 0 Å². The predicted molar refractivity (Wildman–Crippen MR) is 54.3 cm³/mol. The van der Waals surface area contributed by atoms with Crippen molar-refractivity contribution in [2.45, 2.75) is 6.61 Å². The van der Waals surface area contributed by atoms with E-state index in [0.717, 1.165) is 4.88 Å². The van der Waals surface area contributed by atoms with Gasteiger partial charge in [-0.05, 0) is 17.5 Å². The second-order valence-corrected chi connectivity index (χ2v) is 3.82. The van der Waals surface area contributed by atoms with Gasteiger partial charge in [0.2, 0.25) is 5.76 Å². The summed E-state index contributed by atoms with van der Waals surface area (Å²) in [5.41, 5.74) is 0. The van der Waals surface area contributed by atoms with Crippen molar-refractivity contribution >= 4 is 17.3 Å². The smallest absolute Gasteiger partial charge is 0.371 e. The quantitative estimate of drug-likeness (QED) is 0.867. The lowest BCUT2D eigenvalue weighted by Gasteiger charge is -1.98. The van der Waals surface area contributed by atoms with E-state index in [1.165, 1.54) is 12.1 Å². The molecular formula is C10H8O4S. The van der Waals surface area contributed by atoms with Gasteiger partial charge >= 0.3 is 5.97 Å². The molecule has 4 nitrogen and oxygen atoms in total. The molecule has 0 radical (unpaired) electrons. The number of carboxylic acids is 1. The van der Waals surface area contributed by atoms with Gasteiger partial charge in [0, 0.05) is 10.9 Å². The first-order valence-electron chi connectivity index (χ1n) is 4.24. The predicted octanol–water partition coefficient (Wildman–Crippen LogP) is 2.62. The van der Waals surface area contributed by atoms with Crippen LogP contribution in [-0.4, -0.2) is 11.1 Å². The van der Waals surface area contributed by atoms with Gasteiger partial charge in [0.1, 0.15) is 6.61 Å². The molecule has 0 aliphatic carbocycles. The highest BCUT2D eigenvalue weighted by atomic mass is 32.1. The fourth-order valence-corrected chi connectivity index (χ4v) is 1.67. The molecule has 0 aliphatic heterocycles. The second-order valence-electron chi connectivity index (χ2n) is 2.79. The Kier molecular flexibility index (Phi) is 2.73. The topological polar surface area (TPSA) is 59.7 Å². The molecule has 0 saturated heterocycles. The fourth-order valence-electron chi connectivity index (χ4n) is 1.05. The standard InChI is InChI=1S/C10H8O4S/c11-10(12)8-3-4-9(14-8)13-6-7-2-1-5-15-7/h1-5H,6H2,(H,11,12). The number of furan rings is 1. The number of carboxylic acid groups (broad SMARTS) is 1. The summed E-state index contributed by atoms with van der Waals surface area (Å²) in [7, 11) is 0. The molecule has 0 bridgehead atoms. The number of ether oxygens (including phenoxy) is 1. The van der Waals surface area contributed by atoms with Crippen LogP contribution in [0.5, 0.6) is 5.95 Å². The van der Waals surface area contributed by atoms with Gasteiger partial charge in [-0.25, -0.2) is 4.79 Å². The lowest BCUT2D eigenvalue weighted by molar-refractivity contribution is 0.0653. The van der Waals surface area contributed by atoms with E-state index in [9.17, 15) is 4.79 Å². The lowest BCUT2D eigenvalue weighted by atomic mass is 10.5. The third-order valence-electron chi connectivity index (χ3n) is 1.73. The summed E-state index contributed by atoms with van der Waals surface area (Å²) in [5, 5.41) is 10.6. The Labute approximate surface area is 89.7 Å². The van der Waals surface area contributed by atoms with E-state index in [1.54, 1.807) is 11.3 Å². The van der Waals surface area contributed by atoms with Crippen molar-refractivity contribution in [3.05, 3.63) is 40.3 Å². The third kappa shape index (κ3) is 2.38. The molecule has 0 amide bonds. The summed E-state index contributed by atoms with van der Waals surface area (Å²) in [6, 6.07) is 6.73. The minimum absolute atomic E-state index is 0.115. The Balaban J connectivity index is 1.96. The summed E-state index contributed by atoms with van der Waals surface area (Å²) in [6.07, 6.45) is 0. The van der Waals surface area contributed by atoms with Gasteiger partial charge < -0.3 is 14.3 Å². The van der Waals surface area contributed by atoms with E-state index in [2.05, 4.69) is 0 Å². The van der Waals surface area contributed by atoms with Crippen molar-refractivity contribution in [1.29, 1.82) is 0 Å². The van der Waals surface area contributed by atoms with Gasteiger partial charge in [-0.15, -0.1) is 11.3 Å². The first kappa shape index (κ1) is 9.79. The largest absolute Gasteiger partial charge is 0.475 e. The summed E-state index contributed by atoms with van der Waals surface area (Å²) in [6.45, 7) is 0.393. The molecule has 0 saturated carbocycles. The van der Waals surface area contributed by atoms with Crippen molar-refractivity contribution < 1.29 is 19.1 Å². The van der Waals surface area contributed by atoms with Crippen molar-refractivity contribution in [2.75, 3.05) is 0 Å². The zero-order valence-corrected chi connectivity index (χ0v) is 8.49. The first-order valence-corrected chi connectivity index (χ1v) is 5.12. The van der Waals surface area contributed by atoms with Crippen LogP contribution in [-0.2, 0) is 6.61 Å². The molecule has 1 N–H and O–H groups in total. The van der Waals surface area contributed by atoms with Crippen molar-refractivity contribution in [1.82, 2.24) is 0 Å². The molecule has 0 spiro atoms. The average molecular weight is 224 g/mol. The van der Waals surface area contributed by atoms with Gasteiger partial charge in [-0.1, -0.05) is 6.07 Å². The van der Waals surface area contributed by atoms with Crippen LogP contribution in [0, 0.1) is 0 Å². The van der Waals surface area contributed by atoms with Gasteiger partial charge in [0.25, 0.3) is 5.95 Å². The number of carbonyl (C=O) groups is 1. The molecule has 2 aromatic heterocycles. The van der Waals surface area contributed by atoms with Crippen molar-refractivity contribution in [2.24, 2.45) is 0 Å². The first-order chi connectivity index (χ1) is 7.25. The monoisotopic (exact) mass is 224 g/mol. The van der Waals surface area contributed by atoms with Gasteiger partial charge in [-0.3, -0.25) is 0 Å². The van der Waals surface area contributed by atoms with Gasteiger partial charge in [0.05, 0.1) is 0 Å². The third-order valence-corrected chi connectivity index (χ3v) is 2.58. The molecule has 0 atom stereocenters. The fraction of sp³-hybridized carbons (Fsp3) is 0.100. The van der Waals surface area contributed by atoms with E-state index in [-0.39, 0.29) is 11.7 Å². The molecule has 78 valence electrons. The number of hydrogen-bond donors (Lipinski definition) is 1.